The Labute approximate surface area is 115 Å². The van der Waals surface area contributed by atoms with Crippen LogP contribution in [0.25, 0.3) is 22.7 Å². The number of fused-ring (bicyclic) bond motifs is 1. The summed E-state index contributed by atoms with van der Waals surface area (Å²) in [5, 5.41) is 8.04. The Morgan fingerprint density at radius 1 is 1.35 bits per heavy atom. The summed E-state index contributed by atoms with van der Waals surface area (Å²) >= 11 is 0. The molecule has 0 aliphatic heterocycles. The molecule has 8 nitrogen and oxygen atoms in total. The van der Waals surface area contributed by atoms with Gasteiger partial charge in [-0.2, -0.15) is 4.98 Å². The molecule has 20 heavy (non-hydrogen) atoms. The van der Waals surface area contributed by atoms with Crippen LogP contribution in [-0.4, -0.2) is 43.1 Å². The molecular formula is C12H15N7O. The maximum atomic E-state index is 5.48. The highest BCUT2D eigenvalue weighted by atomic mass is 16.5. The molecule has 3 rings (SSSR count). The molecule has 0 aliphatic carbocycles. The van der Waals surface area contributed by atoms with Crippen molar-refractivity contribution in [2.75, 3.05) is 13.2 Å². The van der Waals surface area contributed by atoms with Gasteiger partial charge in [-0.1, -0.05) is 5.21 Å². The second kappa shape index (κ2) is 5.25. The summed E-state index contributed by atoms with van der Waals surface area (Å²) in [6.07, 6.45) is 1.80. The van der Waals surface area contributed by atoms with Gasteiger partial charge in [-0.05, 0) is 13.0 Å². The van der Waals surface area contributed by atoms with Crippen LogP contribution in [0.15, 0.2) is 18.3 Å². The van der Waals surface area contributed by atoms with E-state index in [-0.39, 0.29) is 0 Å². The molecule has 0 amide bonds. The summed E-state index contributed by atoms with van der Waals surface area (Å²) in [7, 11) is 0. The standard InChI is InChI=1S/C12H15N7O/c1-2-20-10-4-3-8-11(15-10)16-12(14-8)9-7-19(6-5-13)18-17-9/h3-4,7H,2,5-6,13H2,1H3,(H,14,15,16). The number of imidazole rings is 1. The Kier molecular flexibility index (Phi) is 3.30. The average molecular weight is 273 g/mol. The van der Waals surface area contributed by atoms with E-state index in [0.29, 0.717) is 42.7 Å². The van der Waals surface area contributed by atoms with Gasteiger partial charge in [-0.25, -0.2) is 4.98 Å². The zero-order valence-electron chi connectivity index (χ0n) is 11.1. The quantitative estimate of drug-likeness (QED) is 0.703. The topological polar surface area (TPSA) is 108 Å². The molecule has 0 radical (unpaired) electrons. The first-order valence-electron chi connectivity index (χ1n) is 6.40. The maximum absolute atomic E-state index is 5.48. The molecule has 0 bridgehead atoms. The minimum Gasteiger partial charge on any atom is -0.478 e. The number of nitrogens with zero attached hydrogens (tertiary/aromatic N) is 5. The summed E-state index contributed by atoms with van der Waals surface area (Å²) in [6.45, 7) is 3.63. The number of hydrogen-bond donors (Lipinski definition) is 2. The molecule has 0 aromatic carbocycles. The third kappa shape index (κ3) is 2.32. The monoisotopic (exact) mass is 273 g/mol. The SMILES string of the molecule is CCOc1ccc2[nH]c(-c3cn(CCN)nn3)nc2n1. The molecule has 3 heterocycles. The number of ether oxygens (including phenoxy) is 1. The van der Waals surface area contributed by atoms with E-state index in [1.807, 2.05) is 13.0 Å². The van der Waals surface area contributed by atoms with Crippen molar-refractivity contribution in [2.24, 2.45) is 5.73 Å². The molecule has 0 atom stereocenters. The second-order valence-corrected chi connectivity index (χ2v) is 4.19. The molecule has 0 unspecified atom stereocenters. The van der Waals surface area contributed by atoms with E-state index < -0.39 is 0 Å². The lowest BCUT2D eigenvalue weighted by molar-refractivity contribution is 0.328. The lowest BCUT2D eigenvalue weighted by Gasteiger charge is -1.99. The highest BCUT2D eigenvalue weighted by molar-refractivity contribution is 5.75. The molecule has 0 saturated carbocycles. The fourth-order valence-electron chi connectivity index (χ4n) is 1.87. The predicted octanol–water partition coefficient (Wildman–Crippen LogP) is 0.574. The second-order valence-electron chi connectivity index (χ2n) is 4.19. The molecule has 0 saturated heterocycles. The average Bonchev–Trinajstić information content (AvgIpc) is 3.05. The number of hydrogen-bond acceptors (Lipinski definition) is 6. The van der Waals surface area contributed by atoms with Gasteiger partial charge in [0.15, 0.2) is 11.5 Å². The molecule has 104 valence electrons. The number of aromatic amines is 1. The fourth-order valence-corrected chi connectivity index (χ4v) is 1.87. The maximum Gasteiger partial charge on any atom is 0.215 e. The fraction of sp³-hybridized carbons (Fsp3) is 0.333. The van der Waals surface area contributed by atoms with Crippen LogP contribution in [0.3, 0.4) is 0 Å². The van der Waals surface area contributed by atoms with Crippen molar-refractivity contribution in [2.45, 2.75) is 13.5 Å². The van der Waals surface area contributed by atoms with E-state index in [2.05, 4.69) is 25.3 Å². The van der Waals surface area contributed by atoms with E-state index in [1.54, 1.807) is 16.9 Å². The van der Waals surface area contributed by atoms with E-state index in [1.165, 1.54) is 0 Å². The Morgan fingerprint density at radius 2 is 2.25 bits per heavy atom. The highest BCUT2D eigenvalue weighted by Crippen LogP contribution is 2.19. The lowest BCUT2D eigenvalue weighted by atomic mass is 10.4. The van der Waals surface area contributed by atoms with E-state index in [4.69, 9.17) is 10.5 Å². The normalized spacial score (nSPS) is 11.1. The lowest BCUT2D eigenvalue weighted by Crippen LogP contribution is -2.10. The first-order chi connectivity index (χ1) is 9.80. The third-order valence-corrected chi connectivity index (χ3v) is 2.75. The van der Waals surface area contributed by atoms with Crippen LogP contribution < -0.4 is 10.5 Å². The van der Waals surface area contributed by atoms with Crippen LogP contribution in [0.4, 0.5) is 0 Å². The van der Waals surface area contributed by atoms with Crippen LogP contribution in [0, 0.1) is 0 Å². The first-order valence-corrected chi connectivity index (χ1v) is 6.40. The minimum absolute atomic E-state index is 0.516. The smallest absolute Gasteiger partial charge is 0.215 e. The number of nitrogens with one attached hydrogen (secondary N) is 1. The molecule has 3 aromatic rings. The van der Waals surface area contributed by atoms with Crippen LogP contribution in [0.5, 0.6) is 5.88 Å². The largest absolute Gasteiger partial charge is 0.478 e. The summed E-state index contributed by atoms with van der Waals surface area (Å²) in [5.41, 5.74) is 7.57. The predicted molar refractivity (Wildman–Crippen MR) is 73.1 cm³/mol. The number of nitrogens with two attached hydrogens (primary N) is 1. The van der Waals surface area contributed by atoms with Gasteiger partial charge in [-0.15, -0.1) is 5.10 Å². The van der Waals surface area contributed by atoms with Crippen LogP contribution >= 0.6 is 0 Å². The Hall–Kier alpha value is -2.48. The minimum atomic E-state index is 0.516. The molecule has 3 aromatic heterocycles. The van der Waals surface area contributed by atoms with Gasteiger partial charge in [0.05, 0.1) is 24.9 Å². The van der Waals surface area contributed by atoms with Crippen molar-refractivity contribution in [3.05, 3.63) is 18.3 Å². The van der Waals surface area contributed by atoms with Gasteiger partial charge >= 0.3 is 0 Å². The van der Waals surface area contributed by atoms with Crippen molar-refractivity contribution in [3.8, 4) is 17.4 Å². The molecule has 3 N–H and O–H groups in total. The van der Waals surface area contributed by atoms with Gasteiger partial charge in [0.25, 0.3) is 0 Å². The Balaban J connectivity index is 1.94. The zero-order valence-corrected chi connectivity index (χ0v) is 11.1. The van der Waals surface area contributed by atoms with E-state index in [9.17, 15) is 0 Å². The summed E-state index contributed by atoms with van der Waals surface area (Å²) < 4.78 is 7.04. The number of H-pyrrole nitrogens is 1. The molecule has 0 aliphatic rings. The first kappa shape index (κ1) is 12.5. The van der Waals surface area contributed by atoms with Gasteiger partial charge in [0, 0.05) is 12.6 Å². The van der Waals surface area contributed by atoms with Gasteiger partial charge in [0.2, 0.25) is 5.88 Å². The van der Waals surface area contributed by atoms with Gasteiger partial charge in [0.1, 0.15) is 5.69 Å². The van der Waals surface area contributed by atoms with E-state index >= 15 is 0 Å². The van der Waals surface area contributed by atoms with Crippen molar-refractivity contribution in [1.29, 1.82) is 0 Å². The number of pyridine rings is 1. The van der Waals surface area contributed by atoms with Crippen LogP contribution in [-0.2, 0) is 6.54 Å². The van der Waals surface area contributed by atoms with Crippen LogP contribution in [0.1, 0.15) is 6.92 Å². The molecule has 0 fully saturated rings. The third-order valence-electron chi connectivity index (χ3n) is 2.75. The summed E-state index contributed by atoms with van der Waals surface area (Å²) in [4.78, 5) is 11.9. The zero-order chi connectivity index (χ0) is 13.9. The van der Waals surface area contributed by atoms with Crippen LogP contribution in [0.2, 0.25) is 0 Å². The Bertz CT molecular complexity index is 717. The van der Waals surface area contributed by atoms with Crippen molar-refractivity contribution >= 4 is 11.2 Å². The molecule has 0 spiro atoms. The highest BCUT2D eigenvalue weighted by Gasteiger charge is 2.10. The van der Waals surface area contributed by atoms with Crippen molar-refractivity contribution in [1.82, 2.24) is 29.9 Å². The Morgan fingerprint density at radius 3 is 3.05 bits per heavy atom. The molecule has 8 heteroatoms. The van der Waals surface area contributed by atoms with Gasteiger partial charge in [-0.3, -0.25) is 4.68 Å². The van der Waals surface area contributed by atoms with Gasteiger partial charge < -0.3 is 15.5 Å². The van der Waals surface area contributed by atoms with Crippen molar-refractivity contribution < 1.29 is 4.74 Å². The number of rotatable bonds is 5. The summed E-state index contributed by atoms with van der Waals surface area (Å²) in [6, 6.07) is 3.69. The number of aromatic nitrogens is 6. The van der Waals surface area contributed by atoms with E-state index in [0.717, 1.165) is 5.52 Å². The summed E-state index contributed by atoms with van der Waals surface area (Å²) in [5.74, 6) is 1.19. The molecular weight excluding hydrogens is 258 g/mol. The van der Waals surface area contributed by atoms with Crippen molar-refractivity contribution in [3.63, 3.8) is 0 Å².